The molecule has 1 aromatic carbocycles. The van der Waals surface area contributed by atoms with Crippen molar-refractivity contribution in [2.24, 2.45) is 0 Å². The van der Waals surface area contributed by atoms with E-state index >= 15 is 0 Å². The molecule has 2 rings (SSSR count). The molecule has 1 heterocycles. The Morgan fingerprint density at radius 2 is 1.96 bits per heavy atom. The van der Waals surface area contributed by atoms with Crippen LogP contribution in [-0.2, 0) is 17.8 Å². The van der Waals surface area contributed by atoms with Gasteiger partial charge >= 0.3 is 6.03 Å². The van der Waals surface area contributed by atoms with Crippen LogP contribution in [-0.4, -0.2) is 43.6 Å². The number of hydrogen-bond acceptors (Lipinski definition) is 5. The molecule has 1 aromatic heterocycles. The van der Waals surface area contributed by atoms with E-state index in [1.54, 1.807) is 18.4 Å². The van der Waals surface area contributed by atoms with Gasteiger partial charge < -0.3 is 10.1 Å². The fourth-order valence-electron chi connectivity index (χ4n) is 2.44. The summed E-state index contributed by atoms with van der Waals surface area (Å²) in [5, 5.41) is 7.09. The molecule has 6 nitrogen and oxygen atoms in total. The number of thiophene rings is 1. The summed E-state index contributed by atoms with van der Waals surface area (Å²) in [6.45, 7) is 4.00. The first-order valence-electron chi connectivity index (χ1n) is 8.56. The minimum absolute atomic E-state index is 0.168. The molecule has 7 heteroatoms. The van der Waals surface area contributed by atoms with Gasteiger partial charge in [-0.2, -0.15) is 0 Å². The number of nitrogens with zero attached hydrogens (tertiary/aromatic N) is 1. The summed E-state index contributed by atoms with van der Waals surface area (Å²) in [6.07, 6.45) is 0.762. The molecular weight excluding hydrogens is 350 g/mol. The molecule has 0 spiro atoms. The zero-order chi connectivity index (χ0) is 18.8. The predicted octanol–water partition coefficient (Wildman–Crippen LogP) is 2.65. The molecule has 2 N–H and O–H groups in total. The van der Waals surface area contributed by atoms with Crippen molar-refractivity contribution in [3.63, 3.8) is 0 Å². The lowest BCUT2D eigenvalue weighted by Gasteiger charge is -2.20. The Labute approximate surface area is 158 Å². The molecule has 0 bridgehead atoms. The number of carbonyl (C=O) groups excluding carboxylic acids is 2. The summed E-state index contributed by atoms with van der Waals surface area (Å²) in [6, 6.07) is 11.3. The normalized spacial score (nSPS) is 10.6. The van der Waals surface area contributed by atoms with E-state index in [1.807, 2.05) is 53.6 Å². The van der Waals surface area contributed by atoms with Crippen LogP contribution in [0.5, 0.6) is 5.75 Å². The van der Waals surface area contributed by atoms with E-state index in [0.29, 0.717) is 19.6 Å². The number of methoxy groups -OCH3 is 1. The van der Waals surface area contributed by atoms with Crippen LogP contribution in [0.3, 0.4) is 0 Å². The zero-order valence-corrected chi connectivity index (χ0v) is 16.0. The Hall–Kier alpha value is -2.38. The van der Waals surface area contributed by atoms with E-state index in [2.05, 4.69) is 10.6 Å². The molecular formula is C19H25N3O3S. The van der Waals surface area contributed by atoms with Gasteiger partial charge in [-0.3, -0.25) is 15.0 Å². The van der Waals surface area contributed by atoms with Crippen LogP contribution in [0.15, 0.2) is 41.8 Å². The Kier molecular flexibility index (Phi) is 8.11. The summed E-state index contributed by atoms with van der Waals surface area (Å²) < 4.78 is 5.14. The number of urea groups is 1. The van der Waals surface area contributed by atoms with Gasteiger partial charge in [-0.05, 0) is 42.1 Å². The summed E-state index contributed by atoms with van der Waals surface area (Å²) in [7, 11) is 1.63. The largest absolute Gasteiger partial charge is 0.497 e. The van der Waals surface area contributed by atoms with Gasteiger partial charge in [-0.25, -0.2) is 4.79 Å². The molecule has 0 aliphatic rings. The van der Waals surface area contributed by atoms with Crippen molar-refractivity contribution in [3.8, 4) is 5.75 Å². The van der Waals surface area contributed by atoms with Gasteiger partial charge in [0, 0.05) is 18.0 Å². The number of amides is 3. The van der Waals surface area contributed by atoms with Crippen molar-refractivity contribution in [1.82, 2.24) is 15.5 Å². The first kappa shape index (κ1) is 19.9. The summed E-state index contributed by atoms with van der Waals surface area (Å²) in [5.41, 5.74) is 1.08. The van der Waals surface area contributed by atoms with E-state index < -0.39 is 6.03 Å². The van der Waals surface area contributed by atoms with Crippen molar-refractivity contribution >= 4 is 23.3 Å². The van der Waals surface area contributed by atoms with Crippen LogP contribution < -0.4 is 15.4 Å². The minimum Gasteiger partial charge on any atom is -0.497 e. The highest BCUT2D eigenvalue weighted by Crippen LogP contribution is 2.13. The Balaban J connectivity index is 1.72. The molecule has 3 amide bonds. The van der Waals surface area contributed by atoms with Crippen LogP contribution in [0.25, 0.3) is 0 Å². The van der Waals surface area contributed by atoms with Crippen molar-refractivity contribution in [1.29, 1.82) is 0 Å². The highest BCUT2D eigenvalue weighted by molar-refractivity contribution is 7.09. The molecule has 140 valence electrons. The average Bonchev–Trinajstić information content (AvgIpc) is 3.15. The number of ether oxygens (including phenoxy) is 1. The van der Waals surface area contributed by atoms with Crippen molar-refractivity contribution < 1.29 is 14.3 Å². The number of nitrogens with one attached hydrogen (secondary N) is 2. The second-order valence-corrected chi connectivity index (χ2v) is 6.82. The molecule has 26 heavy (non-hydrogen) atoms. The Morgan fingerprint density at radius 1 is 1.19 bits per heavy atom. The maximum Gasteiger partial charge on any atom is 0.321 e. The lowest BCUT2D eigenvalue weighted by molar-refractivity contribution is -0.121. The summed E-state index contributed by atoms with van der Waals surface area (Å²) in [4.78, 5) is 27.1. The fourth-order valence-corrected chi connectivity index (χ4v) is 3.15. The number of rotatable bonds is 9. The second-order valence-electron chi connectivity index (χ2n) is 5.78. The van der Waals surface area contributed by atoms with Gasteiger partial charge in [0.15, 0.2) is 0 Å². The highest BCUT2D eigenvalue weighted by atomic mass is 32.1. The van der Waals surface area contributed by atoms with E-state index in [0.717, 1.165) is 17.7 Å². The maximum atomic E-state index is 12.1. The number of carbonyl (C=O) groups is 2. The molecule has 0 atom stereocenters. The van der Waals surface area contributed by atoms with E-state index in [4.69, 9.17) is 4.74 Å². The van der Waals surface area contributed by atoms with Gasteiger partial charge in [-0.1, -0.05) is 25.1 Å². The lowest BCUT2D eigenvalue weighted by atomic mass is 10.2. The van der Waals surface area contributed by atoms with Gasteiger partial charge in [0.25, 0.3) is 0 Å². The van der Waals surface area contributed by atoms with Crippen molar-refractivity contribution in [3.05, 3.63) is 52.2 Å². The molecule has 0 saturated carbocycles. The standard InChI is InChI=1S/C19H25N3O3S/c1-3-22(13-15-6-8-16(25-2)9-7-15)14-18(23)21-19(24)20-11-10-17-5-4-12-26-17/h4-9,12H,3,10-11,13-14H2,1-2H3,(H2,20,21,23,24). The summed E-state index contributed by atoms with van der Waals surface area (Å²) in [5.74, 6) is 0.489. The minimum atomic E-state index is -0.452. The molecule has 0 fully saturated rings. The third-order valence-corrected chi connectivity index (χ3v) is 4.81. The van der Waals surface area contributed by atoms with Crippen LogP contribution in [0.1, 0.15) is 17.4 Å². The first-order valence-corrected chi connectivity index (χ1v) is 9.44. The third-order valence-electron chi connectivity index (χ3n) is 3.87. The molecule has 0 aliphatic carbocycles. The number of benzene rings is 1. The number of imide groups is 1. The van der Waals surface area contributed by atoms with E-state index in [9.17, 15) is 9.59 Å². The van der Waals surface area contributed by atoms with E-state index in [-0.39, 0.29) is 12.5 Å². The first-order chi connectivity index (χ1) is 12.6. The molecule has 2 aromatic rings. The van der Waals surface area contributed by atoms with Crippen LogP contribution >= 0.6 is 11.3 Å². The number of hydrogen-bond donors (Lipinski definition) is 2. The fraction of sp³-hybridized carbons (Fsp3) is 0.368. The van der Waals surface area contributed by atoms with Gasteiger partial charge in [0.05, 0.1) is 13.7 Å². The van der Waals surface area contributed by atoms with Crippen LogP contribution in [0.2, 0.25) is 0 Å². The quantitative estimate of drug-likeness (QED) is 0.707. The summed E-state index contributed by atoms with van der Waals surface area (Å²) >= 11 is 1.65. The average molecular weight is 375 g/mol. The third kappa shape index (κ3) is 6.85. The lowest BCUT2D eigenvalue weighted by Crippen LogP contribution is -2.44. The van der Waals surface area contributed by atoms with Gasteiger partial charge in [0.1, 0.15) is 5.75 Å². The SMILES string of the molecule is CCN(CC(=O)NC(=O)NCCc1cccs1)Cc1ccc(OC)cc1. The monoisotopic (exact) mass is 375 g/mol. The number of likely N-dealkylation sites (N-methyl/N-ethyl adjacent to an activating group) is 1. The van der Waals surface area contributed by atoms with Crippen LogP contribution in [0, 0.1) is 0 Å². The van der Waals surface area contributed by atoms with Crippen LogP contribution in [0.4, 0.5) is 4.79 Å². The zero-order valence-electron chi connectivity index (χ0n) is 15.2. The predicted molar refractivity (Wildman–Crippen MR) is 104 cm³/mol. The molecule has 0 unspecified atom stereocenters. The van der Waals surface area contributed by atoms with E-state index in [1.165, 1.54) is 4.88 Å². The molecule has 0 radical (unpaired) electrons. The topological polar surface area (TPSA) is 70.7 Å². The van der Waals surface area contributed by atoms with Crippen molar-refractivity contribution in [2.45, 2.75) is 19.9 Å². The Morgan fingerprint density at radius 3 is 2.58 bits per heavy atom. The Bertz CT molecular complexity index is 687. The molecule has 0 saturated heterocycles. The maximum absolute atomic E-state index is 12.1. The van der Waals surface area contributed by atoms with Gasteiger partial charge in [-0.15, -0.1) is 11.3 Å². The van der Waals surface area contributed by atoms with Crippen molar-refractivity contribution in [2.75, 3.05) is 26.7 Å². The second kappa shape index (κ2) is 10.6. The molecule has 0 aliphatic heterocycles. The highest BCUT2D eigenvalue weighted by Gasteiger charge is 2.12. The van der Waals surface area contributed by atoms with Gasteiger partial charge in [0.2, 0.25) is 5.91 Å². The smallest absolute Gasteiger partial charge is 0.321 e.